The Morgan fingerprint density at radius 2 is 2.04 bits per heavy atom. The van der Waals surface area contributed by atoms with E-state index in [1.54, 1.807) is 49.4 Å². The van der Waals surface area contributed by atoms with E-state index in [-0.39, 0.29) is 18.4 Å². The molecule has 8 nitrogen and oxygen atoms in total. The zero-order valence-electron chi connectivity index (χ0n) is 14.5. The fourth-order valence-corrected chi connectivity index (χ4v) is 2.57. The highest BCUT2D eigenvalue weighted by atomic mass is 16.5. The molecule has 8 heteroatoms. The first-order chi connectivity index (χ1) is 12.9. The second-order valence-electron chi connectivity index (χ2n) is 5.94. The Labute approximate surface area is 155 Å². The number of hydrogen-bond donors (Lipinski definition) is 3. The number of anilines is 1. The largest absolute Gasteiger partial charge is 0.482 e. The summed E-state index contributed by atoms with van der Waals surface area (Å²) < 4.78 is 10.7. The molecule has 0 spiro atoms. The Bertz CT molecular complexity index is 896. The monoisotopic (exact) mass is 370 g/mol. The van der Waals surface area contributed by atoms with Gasteiger partial charge in [-0.25, -0.2) is 4.79 Å². The van der Waals surface area contributed by atoms with Crippen LogP contribution in [0.3, 0.4) is 0 Å². The smallest absolute Gasteiger partial charge is 0.341 e. The molecule has 0 saturated heterocycles. The molecule has 2 aromatic carbocycles. The Hall–Kier alpha value is -3.55. The molecule has 3 rings (SSSR count). The third-order valence-electron chi connectivity index (χ3n) is 3.90. The summed E-state index contributed by atoms with van der Waals surface area (Å²) in [5.41, 5.74) is 1.52. The number of aliphatic carboxylic acids is 1. The van der Waals surface area contributed by atoms with Crippen LogP contribution in [0.2, 0.25) is 0 Å². The van der Waals surface area contributed by atoms with Crippen molar-refractivity contribution in [3.05, 3.63) is 53.6 Å². The molecule has 1 aliphatic heterocycles. The molecule has 1 aliphatic rings. The van der Waals surface area contributed by atoms with Crippen molar-refractivity contribution >= 4 is 23.5 Å². The van der Waals surface area contributed by atoms with Crippen LogP contribution in [0.4, 0.5) is 5.69 Å². The van der Waals surface area contributed by atoms with Crippen LogP contribution in [0, 0.1) is 0 Å². The number of hydrogen-bond acceptors (Lipinski definition) is 5. The first-order valence-electron chi connectivity index (χ1n) is 8.26. The summed E-state index contributed by atoms with van der Waals surface area (Å²) >= 11 is 0. The van der Waals surface area contributed by atoms with Crippen LogP contribution in [0.25, 0.3) is 0 Å². The number of para-hydroxylation sites is 1. The van der Waals surface area contributed by atoms with E-state index in [0.717, 1.165) is 5.56 Å². The van der Waals surface area contributed by atoms with Crippen molar-refractivity contribution < 1.29 is 29.0 Å². The van der Waals surface area contributed by atoms with E-state index in [1.165, 1.54) is 0 Å². The van der Waals surface area contributed by atoms with Crippen molar-refractivity contribution in [2.24, 2.45) is 0 Å². The molecule has 3 N–H and O–H groups in total. The average Bonchev–Trinajstić information content (AvgIpc) is 2.65. The van der Waals surface area contributed by atoms with Gasteiger partial charge >= 0.3 is 5.97 Å². The fraction of sp³-hybridized carbons (Fsp3) is 0.211. The quantitative estimate of drug-likeness (QED) is 0.714. The van der Waals surface area contributed by atoms with Crippen LogP contribution in [0.1, 0.15) is 22.8 Å². The highest BCUT2D eigenvalue weighted by Gasteiger charge is 2.27. The molecule has 0 radical (unpaired) electrons. The van der Waals surface area contributed by atoms with E-state index >= 15 is 0 Å². The van der Waals surface area contributed by atoms with E-state index in [9.17, 15) is 14.4 Å². The summed E-state index contributed by atoms with van der Waals surface area (Å²) in [4.78, 5) is 34.8. The molecule has 0 bridgehead atoms. The number of amides is 2. The highest BCUT2D eigenvalue weighted by molar-refractivity contribution is 6.03. The summed E-state index contributed by atoms with van der Waals surface area (Å²) in [7, 11) is 0. The van der Waals surface area contributed by atoms with Crippen LogP contribution in [0.15, 0.2) is 42.5 Å². The van der Waals surface area contributed by atoms with Gasteiger partial charge < -0.3 is 25.2 Å². The maximum atomic E-state index is 12.6. The number of nitrogens with one attached hydrogen (secondary N) is 2. The lowest BCUT2D eigenvalue weighted by Gasteiger charge is -2.25. The first-order valence-corrected chi connectivity index (χ1v) is 8.26. The Kier molecular flexibility index (Phi) is 5.25. The number of ether oxygens (including phenoxy) is 2. The molecule has 1 heterocycles. The molecule has 140 valence electrons. The normalized spacial score (nSPS) is 15.1. The number of carbonyl (C=O) groups is 3. The van der Waals surface area contributed by atoms with Crippen LogP contribution >= 0.6 is 0 Å². The molecule has 0 saturated carbocycles. The molecule has 1 atom stereocenters. The summed E-state index contributed by atoms with van der Waals surface area (Å²) in [6, 6.07) is 11.7. The van der Waals surface area contributed by atoms with Gasteiger partial charge in [0.05, 0.1) is 11.3 Å². The fourth-order valence-electron chi connectivity index (χ4n) is 2.57. The Balaban J connectivity index is 1.69. The first kappa shape index (κ1) is 18.2. The molecule has 0 unspecified atom stereocenters. The maximum Gasteiger partial charge on any atom is 0.341 e. The minimum Gasteiger partial charge on any atom is -0.482 e. The molecular weight excluding hydrogens is 352 g/mol. The number of benzene rings is 2. The van der Waals surface area contributed by atoms with Gasteiger partial charge in [0.2, 0.25) is 0 Å². The number of rotatable bonds is 6. The van der Waals surface area contributed by atoms with Gasteiger partial charge in [0.1, 0.15) is 5.75 Å². The van der Waals surface area contributed by atoms with E-state index in [1.807, 2.05) is 0 Å². The SMILES string of the molecule is C[C@H]1Oc2c(cccc2C(=O)NCc2cccc(OCC(=O)O)c2)NC1=O. The number of carboxylic acids is 1. The van der Waals surface area contributed by atoms with Crippen molar-refractivity contribution in [3.63, 3.8) is 0 Å². The Morgan fingerprint density at radius 1 is 1.26 bits per heavy atom. The number of carbonyl (C=O) groups excluding carboxylic acids is 2. The van der Waals surface area contributed by atoms with Gasteiger partial charge in [-0.3, -0.25) is 9.59 Å². The zero-order valence-corrected chi connectivity index (χ0v) is 14.5. The van der Waals surface area contributed by atoms with Crippen LogP contribution in [0.5, 0.6) is 11.5 Å². The molecule has 0 aliphatic carbocycles. The number of carboxylic acid groups (broad SMARTS) is 1. The Morgan fingerprint density at radius 3 is 2.81 bits per heavy atom. The van der Waals surface area contributed by atoms with Crippen molar-refractivity contribution in [3.8, 4) is 11.5 Å². The molecular formula is C19H18N2O6. The van der Waals surface area contributed by atoms with Crippen molar-refractivity contribution in [2.75, 3.05) is 11.9 Å². The minimum atomic E-state index is -1.07. The van der Waals surface area contributed by atoms with Crippen LogP contribution in [-0.4, -0.2) is 35.6 Å². The molecule has 2 amide bonds. The van der Waals surface area contributed by atoms with E-state index < -0.39 is 18.7 Å². The van der Waals surface area contributed by atoms with Crippen LogP contribution < -0.4 is 20.1 Å². The van der Waals surface area contributed by atoms with Gasteiger partial charge in [-0.05, 0) is 36.8 Å². The molecule has 0 aromatic heterocycles. The molecule has 27 heavy (non-hydrogen) atoms. The van der Waals surface area contributed by atoms with E-state index in [4.69, 9.17) is 14.6 Å². The topological polar surface area (TPSA) is 114 Å². The average molecular weight is 370 g/mol. The standard InChI is InChI=1S/C19H18N2O6/c1-11-18(24)21-15-7-3-6-14(17(15)27-11)19(25)20-9-12-4-2-5-13(8-12)26-10-16(22)23/h2-8,11H,9-10H2,1H3,(H,20,25)(H,21,24)(H,22,23)/t11-/m1/s1. The second kappa shape index (κ2) is 7.77. The summed E-state index contributed by atoms with van der Waals surface area (Å²) in [5.74, 6) is -0.948. The minimum absolute atomic E-state index is 0.217. The highest BCUT2D eigenvalue weighted by Crippen LogP contribution is 2.33. The van der Waals surface area contributed by atoms with Gasteiger partial charge in [0, 0.05) is 6.54 Å². The second-order valence-corrected chi connectivity index (χ2v) is 5.94. The lowest BCUT2D eigenvalue weighted by atomic mass is 10.1. The third kappa shape index (κ3) is 4.35. The zero-order chi connectivity index (χ0) is 19.4. The van der Waals surface area contributed by atoms with Gasteiger partial charge in [-0.2, -0.15) is 0 Å². The number of fused-ring (bicyclic) bond motifs is 1. The molecule has 0 fully saturated rings. The van der Waals surface area contributed by atoms with Gasteiger partial charge in [-0.15, -0.1) is 0 Å². The van der Waals surface area contributed by atoms with E-state index in [2.05, 4.69) is 10.6 Å². The van der Waals surface area contributed by atoms with E-state index in [0.29, 0.717) is 22.7 Å². The predicted octanol–water partition coefficient (Wildman–Crippen LogP) is 1.80. The van der Waals surface area contributed by atoms with Crippen molar-refractivity contribution in [1.29, 1.82) is 0 Å². The third-order valence-corrected chi connectivity index (χ3v) is 3.90. The lowest BCUT2D eigenvalue weighted by Crippen LogP contribution is -2.35. The van der Waals surface area contributed by atoms with Gasteiger partial charge in [-0.1, -0.05) is 18.2 Å². The molecule has 2 aromatic rings. The summed E-state index contributed by atoms with van der Waals surface area (Å²) in [6.45, 7) is 1.39. The van der Waals surface area contributed by atoms with Gasteiger partial charge in [0.25, 0.3) is 11.8 Å². The predicted molar refractivity (Wildman–Crippen MR) is 95.9 cm³/mol. The van der Waals surface area contributed by atoms with Crippen LogP contribution in [-0.2, 0) is 16.1 Å². The van der Waals surface area contributed by atoms with Crippen molar-refractivity contribution in [1.82, 2.24) is 5.32 Å². The summed E-state index contributed by atoms with van der Waals surface area (Å²) in [5, 5.41) is 14.1. The van der Waals surface area contributed by atoms with Crippen molar-refractivity contribution in [2.45, 2.75) is 19.6 Å². The summed E-state index contributed by atoms with van der Waals surface area (Å²) in [6.07, 6.45) is -0.686. The maximum absolute atomic E-state index is 12.6. The lowest BCUT2D eigenvalue weighted by molar-refractivity contribution is -0.139. The van der Waals surface area contributed by atoms with Gasteiger partial charge in [0.15, 0.2) is 18.5 Å².